The Labute approximate surface area is 32.5 Å². The Hall–Kier alpha value is -0.330. The van der Waals surface area contributed by atoms with Crippen molar-refractivity contribution in [3.8, 4) is 0 Å². The van der Waals surface area contributed by atoms with Gasteiger partial charge in [0.2, 0.25) is 0 Å². The van der Waals surface area contributed by atoms with Gasteiger partial charge in [-0.15, -0.1) is 0 Å². The highest BCUT2D eigenvalue weighted by molar-refractivity contribution is 5.55. The summed E-state index contributed by atoms with van der Waals surface area (Å²) in [7, 11) is 0. The van der Waals surface area contributed by atoms with Gasteiger partial charge in [0.15, 0.2) is 0 Å². The minimum Gasteiger partial charge on any atom is -0.303 e. The van der Waals surface area contributed by atoms with E-state index < -0.39 is 0 Å². The largest absolute Gasteiger partial charge is 0.303 e. The van der Waals surface area contributed by atoms with Gasteiger partial charge in [0.05, 0.1) is 6.21 Å². The maximum absolute atomic E-state index is 6.41. The van der Waals surface area contributed by atoms with E-state index in [9.17, 15) is 0 Å². The van der Waals surface area contributed by atoms with Gasteiger partial charge in [0.1, 0.15) is 0 Å². The van der Waals surface area contributed by atoms with Gasteiger partial charge in [-0.3, -0.25) is 0 Å². The Morgan fingerprint density at radius 3 is 1.80 bits per heavy atom. The van der Waals surface area contributed by atoms with E-state index in [1.165, 1.54) is 0 Å². The normalized spacial score (nSPS) is 8.60. The summed E-state index contributed by atoms with van der Waals surface area (Å²) in [5.74, 6) is 0.301. The molecule has 0 amide bonds. The smallest absolute Gasteiger partial charge is 0.0549 e. The lowest BCUT2D eigenvalue weighted by Gasteiger charge is -1.80. The van der Waals surface area contributed by atoms with Crippen LogP contribution in [0, 0.1) is 11.3 Å². The Kier molecular flexibility index (Phi) is 1.81. The fourth-order valence-corrected chi connectivity index (χ4v) is 0. The van der Waals surface area contributed by atoms with Gasteiger partial charge < -0.3 is 5.41 Å². The van der Waals surface area contributed by atoms with Crippen LogP contribution in [0.25, 0.3) is 0 Å². The monoisotopic (exact) mass is 70.1 g/mol. The van der Waals surface area contributed by atoms with Gasteiger partial charge in [-0.1, -0.05) is 13.8 Å². The molecule has 0 aromatic heterocycles. The first-order chi connectivity index (χ1) is 2.27. The maximum atomic E-state index is 6.41. The minimum absolute atomic E-state index is 0.301. The van der Waals surface area contributed by atoms with Crippen molar-refractivity contribution in [1.82, 2.24) is 0 Å². The molecule has 0 aliphatic rings. The molecule has 0 aromatic carbocycles. The van der Waals surface area contributed by atoms with Crippen molar-refractivity contribution in [2.45, 2.75) is 13.8 Å². The third kappa shape index (κ3) is 3.67. The number of hydrogen-bond acceptors (Lipinski definition) is 1. The molecule has 0 saturated heterocycles. The molecular weight excluding hydrogens is 62.1 g/mol. The molecule has 0 atom stereocenters. The highest BCUT2D eigenvalue weighted by atomic mass is 14.3. The van der Waals surface area contributed by atoms with E-state index in [4.69, 9.17) is 5.41 Å². The summed E-state index contributed by atoms with van der Waals surface area (Å²) in [6.07, 6.45) is 2.28. The van der Waals surface area contributed by atoms with Crippen LogP contribution in [-0.2, 0) is 0 Å². The average molecular weight is 70.1 g/mol. The van der Waals surface area contributed by atoms with Gasteiger partial charge in [-0.25, -0.2) is 0 Å². The molecule has 0 aromatic rings. The SMILES string of the molecule is CC(C)[C]=N. The van der Waals surface area contributed by atoms with E-state index in [-0.39, 0.29) is 0 Å². The zero-order valence-electron chi connectivity index (χ0n) is 3.58. The summed E-state index contributed by atoms with van der Waals surface area (Å²) in [6, 6.07) is 0. The van der Waals surface area contributed by atoms with Crippen LogP contribution in [0.15, 0.2) is 0 Å². The summed E-state index contributed by atoms with van der Waals surface area (Å²) in [5.41, 5.74) is 0. The molecule has 0 aliphatic carbocycles. The lowest BCUT2D eigenvalue weighted by Crippen LogP contribution is -1.81. The van der Waals surface area contributed by atoms with E-state index in [2.05, 4.69) is 6.21 Å². The number of rotatable bonds is 1. The molecule has 5 heavy (non-hydrogen) atoms. The standard InChI is InChI=1S/C4H8N/c1-4(2)3-5/h4-5H,1-2H3. The fraction of sp³-hybridized carbons (Fsp3) is 0.750. The molecule has 0 aliphatic heterocycles. The van der Waals surface area contributed by atoms with Crippen molar-refractivity contribution < 1.29 is 0 Å². The van der Waals surface area contributed by atoms with Crippen molar-refractivity contribution >= 4 is 6.21 Å². The van der Waals surface area contributed by atoms with Crippen molar-refractivity contribution in [2.24, 2.45) is 5.92 Å². The summed E-state index contributed by atoms with van der Waals surface area (Å²) in [4.78, 5) is 0. The molecule has 1 N–H and O–H groups in total. The van der Waals surface area contributed by atoms with E-state index in [0.717, 1.165) is 0 Å². The topological polar surface area (TPSA) is 23.9 Å². The van der Waals surface area contributed by atoms with Crippen molar-refractivity contribution in [3.63, 3.8) is 0 Å². The van der Waals surface area contributed by atoms with Crippen LogP contribution in [0.3, 0.4) is 0 Å². The van der Waals surface area contributed by atoms with E-state index in [1.807, 2.05) is 13.8 Å². The third-order valence-corrected chi connectivity index (χ3v) is 0.289. The molecule has 0 fully saturated rings. The lowest BCUT2D eigenvalue weighted by atomic mass is 10.3. The first kappa shape index (κ1) is 4.67. The Morgan fingerprint density at radius 2 is 1.80 bits per heavy atom. The fourth-order valence-electron chi connectivity index (χ4n) is 0. The van der Waals surface area contributed by atoms with Gasteiger partial charge in [-0.05, 0) is 5.92 Å². The molecule has 0 rings (SSSR count). The summed E-state index contributed by atoms with van der Waals surface area (Å²) >= 11 is 0. The van der Waals surface area contributed by atoms with Gasteiger partial charge in [0.25, 0.3) is 0 Å². The molecule has 0 bridgehead atoms. The molecule has 0 spiro atoms. The molecule has 29 valence electrons. The van der Waals surface area contributed by atoms with E-state index in [1.54, 1.807) is 0 Å². The minimum atomic E-state index is 0.301. The van der Waals surface area contributed by atoms with Crippen molar-refractivity contribution in [2.75, 3.05) is 0 Å². The van der Waals surface area contributed by atoms with Gasteiger partial charge in [0, 0.05) is 0 Å². The Morgan fingerprint density at radius 1 is 1.60 bits per heavy atom. The molecule has 1 nitrogen and oxygen atoms in total. The second kappa shape index (κ2) is 1.94. The van der Waals surface area contributed by atoms with Crippen LogP contribution in [0.2, 0.25) is 0 Å². The lowest BCUT2D eigenvalue weighted by molar-refractivity contribution is 0.902. The van der Waals surface area contributed by atoms with Crippen molar-refractivity contribution in [1.29, 1.82) is 5.41 Å². The van der Waals surface area contributed by atoms with Crippen LogP contribution >= 0.6 is 0 Å². The molecule has 0 unspecified atom stereocenters. The van der Waals surface area contributed by atoms with Crippen LogP contribution < -0.4 is 0 Å². The molecule has 0 heterocycles. The summed E-state index contributed by atoms with van der Waals surface area (Å²) in [6.45, 7) is 3.85. The quantitative estimate of drug-likeness (QED) is 0.448. The third-order valence-electron chi connectivity index (χ3n) is 0.289. The predicted molar refractivity (Wildman–Crippen MR) is 22.6 cm³/mol. The van der Waals surface area contributed by atoms with E-state index >= 15 is 0 Å². The zero-order valence-corrected chi connectivity index (χ0v) is 3.58. The Balaban J connectivity index is 2.83. The zero-order chi connectivity index (χ0) is 4.28. The number of nitrogens with one attached hydrogen (secondary N) is 1. The average Bonchev–Trinajstić information content (AvgIpc) is 1.38. The number of hydrogen-bond donors (Lipinski definition) is 1. The highest BCUT2D eigenvalue weighted by Gasteiger charge is 1.77. The van der Waals surface area contributed by atoms with E-state index in [0.29, 0.717) is 5.92 Å². The maximum Gasteiger partial charge on any atom is 0.0549 e. The van der Waals surface area contributed by atoms with Gasteiger partial charge >= 0.3 is 0 Å². The Bertz CT molecular complexity index is 30.6. The predicted octanol–water partition coefficient (Wildman–Crippen LogP) is 1.17. The molecule has 1 heteroatoms. The second-order valence-electron chi connectivity index (χ2n) is 1.30. The van der Waals surface area contributed by atoms with Crippen molar-refractivity contribution in [3.05, 3.63) is 0 Å². The van der Waals surface area contributed by atoms with Gasteiger partial charge in [-0.2, -0.15) is 0 Å². The first-order valence-corrected chi connectivity index (χ1v) is 1.69. The summed E-state index contributed by atoms with van der Waals surface area (Å²) in [5, 5.41) is 6.41. The van der Waals surface area contributed by atoms with Crippen LogP contribution in [-0.4, -0.2) is 6.21 Å². The summed E-state index contributed by atoms with van der Waals surface area (Å²) < 4.78 is 0. The van der Waals surface area contributed by atoms with Crippen LogP contribution in [0.5, 0.6) is 0 Å². The molecular formula is C4H8N. The molecule has 0 saturated carbocycles. The highest BCUT2D eigenvalue weighted by Crippen LogP contribution is 1.79. The second-order valence-corrected chi connectivity index (χ2v) is 1.30. The van der Waals surface area contributed by atoms with Crippen LogP contribution in [0.1, 0.15) is 13.8 Å². The first-order valence-electron chi connectivity index (χ1n) is 1.69. The molecule has 1 radical (unpaired) electrons. The van der Waals surface area contributed by atoms with Crippen LogP contribution in [0.4, 0.5) is 0 Å².